The third-order valence-electron chi connectivity index (χ3n) is 6.01. The number of nitrogens with one attached hydrogen (secondary N) is 1. The van der Waals surface area contributed by atoms with Crippen LogP contribution in [-0.2, 0) is 0 Å². The lowest BCUT2D eigenvalue weighted by Crippen LogP contribution is -2.60. The molecule has 3 unspecified atom stereocenters. The minimum atomic E-state index is 0.586. The van der Waals surface area contributed by atoms with E-state index in [0.717, 1.165) is 12.0 Å². The van der Waals surface area contributed by atoms with Crippen LogP contribution >= 0.6 is 0 Å². The van der Waals surface area contributed by atoms with Gasteiger partial charge in [-0.15, -0.1) is 0 Å². The Kier molecular flexibility index (Phi) is 5.92. The number of hydrogen-bond donors (Lipinski definition) is 1. The van der Waals surface area contributed by atoms with Crippen LogP contribution in [0, 0.1) is 11.3 Å². The van der Waals surface area contributed by atoms with E-state index in [1.165, 1.54) is 64.6 Å². The summed E-state index contributed by atoms with van der Waals surface area (Å²) in [5.41, 5.74) is 0.586. The first kappa shape index (κ1) is 16.3. The lowest BCUT2D eigenvalue weighted by molar-refractivity contribution is 0.0465. The zero-order chi connectivity index (χ0) is 14.6. The summed E-state index contributed by atoms with van der Waals surface area (Å²) in [6, 6.07) is 1.46. The van der Waals surface area contributed by atoms with Crippen LogP contribution in [0.2, 0.25) is 0 Å². The predicted octanol–water partition coefficient (Wildman–Crippen LogP) is 4.06. The molecule has 2 aliphatic rings. The van der Waals surface area contributed by atoms with E-state index in [2.05, 4.69) is 37.9 Å². The van der Waals surface area contributed by atoms with Crippen molar-refractivity contribution in [3.8, 4) is 0 Å². The fraction of sp³-hybridized carbons (Fsp3) is 1.00. The molecule has 1 aliphatic heterocycles. The molecule has 0 amide bonds. The van der Waals surface area contributed by atoms with Crippen LogP contribution in [0.1, 0.15) is 72.6 Å². The molecule has 3 atom stereocenters. The molecule has 2 fully saturated rings. The molecule has 0 aromatic carbocycles. The Morgan fingerprint density at radius 2 is 1.90 bits per heavy atom. The monoisotopic (exact) mass is 280 g/mol. The van der Waals surface area contributed by atoms with Gasteiger partial charge in [0.25, 0.3) is 0 Å². The van der Waals surface area contributed by atoms with Crippen molar-refractivity contribution in [2.75, 3.05) is 19.6 Å². The van der Waals surface area contributed by atoms with E-state index in [9.17, 15) is 0 Å². The first-order valence-corrected chi connectivity index (χ1v) is 9.05. The van der Waals surface area contributed by atoms with Gasteiger partial charge >= 0.3 is 0 Å². The third kappa shape index (κ3) is 3.98. The van der Waals surface area contributed by atoms with Crippen molar-refractivity contribution < 1.29 is 0 Å². The Hall–Kier alpha value is -0.0800. The molecule has 2 nitrogen and oxygen atoms in total. The van der Waals surface area contributed by atoms with Gasteiger partial charge in [-0.2, -0.15) is 0 Å². The number of nitrogens with zero attached hydrogens (tertiary/aromatic N) is 1. The first-order chi connectivity index (χ1) is 9.58. The van der Waals surface area contributed by atoms with Gasteiger partial charge in [0.2, 0.25) is 0 Å². The number of rotatable bonds is 5. The molecule has 2 rings (SSSR count). The molecule has 1 saturated heterocycles. The van der Waals surface area contributed by atoms with E-state index >= 15 is 0 Å². The summed E-state index contributed by atoms with van der Waals surface area (Å²) in [4.78, 5) is 2.83. The number of hydrogen-bond acceptors (Lipinski definition) is 2. The van der Waals surface area contributed by atoms with Crippen molar-refractivity contribution in [3.05, 3.63) is 0 Å². The van der Waals surface area contributed by atoms with E-state index < -0.39 is 0 Å². The van der Waals surface area contributed by atoms with Crippen LogP contribution in [0.4, 0.5) is 0 Å². The van der Waals surface area contributed by atoms with Gasteiger partial charge in [0, 0.05) is 31.7 Å². The summed E-state index contributed by atoms with van der Waals surface area (Å²) < 4.78 is 0. The molecule has 1 aliphatic carbocycles. The second kappa shape index (κ2) is 7.26. The Morgan fingerprint density at radius 1 is 1.20 bits per heavy atom. The van der Waals surface area contributed by atoms with Crippen molar-refractivity contribution in [2.24, 2.45) is 11.3 Å². The first-order valence-electron chi connectivity index (χ1n) is 9.05. The molecule has 118 valence electrons. The maximum atomic E-state index is 3.81. The highest BCUT2D eigenvalue weighted by molar-refractivity contribution is 4.91. The fourth-order valence-electron chi connectivity index (χ4n) is 4.20. The van der Waals surface area contributed by atoms with Crippen LogP contribution in [0.25, 0.3) is 0 Å². The molecule has 0 aromatic heterocycles. The molecule has 1 N–H and O–H groups in total. The third-order valence-corrected chi connectivity index (χ3v) is 6.01. The fourth-order valence-corrected chi connectivity index (χ4v) is 4.20. The van der Waals surface area contributed by atoms with Gasteiger partial charge in [0.15, 0.2) is 0 Å². The van der Waals surface area contributed by atoms with Crippen LogP contribution < -0.4 is 5.32 Å². The minimum Gasteiger partial charge on any atom is -0.311 e. The van der Waals surface area contributed by atoms with Crippen LogP contribution in [-0.4, -0.2) is 36.6 Å². The largest absolute Gasteiger partial charge is 0.311 e. The topological polar surface area (TPSA) is 15.3 Å². The zero-order valence-corrected chi connectivity index (χ0v) is 14.3. The van der Waals surface area contributed by atoms with Gasteiger partial charge in [-0.25, -0.2) is 0 Å². The molecule has 0 aromatic rings. The van der Waals surface area contributed by atoms with Gasteiger partial charge < -0.3 is 5.32 Å². The maximum Gasteiger partial charge on any atom is 0.0221 e. The molecule has 1 saturated carbocycles. The molecule has 0 spiro atoms. The van der Waals surface area contributed by atoms with Crippen LogP contribution in [0.3, 0.4) is 0 Å². The Balaban J connectivity index is 1.97. The minimum absolute atomic E-state index is 0.586. The van der Waals surface area contributed by atoms with E-state index in [1.54, 1.807) is 0 Å². The quantitative estimate of drug-likeness (QED) is 0.817. The highest BCUT2D eigenvalue weighted by Gasteiger charge is 2.35. The molecule has 0 bridgehead atoms. The van der Waals surface area contributed by atoms with Crippen molar-refractivity contribution in [3.63, 3.8) is 0 Å². The average Bonchev–Trinajstić information content (AvgIpc) is 2.46. The summed E-state index contributed by atoms with van der Waals surface area (Å²) in [6.07, 6.45) is 9.84. The molecule has 1 heterocycles. The average molecular weight is 280 g/mol. The Labute approximate surface area is 126 Å². The molecule has 20 heavy (non-hydrogen) atoms. The lowest BCUT2D eigenvalue weighted by Gasteiger charge is -2.47. The van der Waals surface area contributed by atoms with E-state index in [4.69, 9.17) is 0 Å². The maximum absolute atomic E-state index is 3.81. The van der Waals surface area contributed by atoms with Gasteiger partial charge in [-0.1, -0.05) is 53.4 Å². The molecular formula is C18H36N2. The second-order valence-electron chi connectivity index (χ2n) is 7.76. The van der Waals surface area contributed by atoms with Crippen LogP contribution in [0.5, 0.6) is 0 Å². The standard InChI is InChI=1S/C18H36N2/c1-5-15(3)17-13-20(16(6-2)12-19-17)14-18(4)10-8-7-9-11-18/h15-17,19H,5-14H2,1-4H3. The van der Waals surface area contributed by atoms with Crippen molar-refractivity contribution in [2.45, 2.75) is 84.7 Å². The van der Waals surface area contributed by atoms with Gasteiger partial charge in [0.1, 0.15) is 0 Å². The summed E-state index contributed by atoms with van der Waals surface area (Å²) >= 11 is 0. The summed E-state index contributed by atoms with van der Waals surface area (Å²) in [6.45, 7) is 13.4. The molecular weight excluding hydrogens is 244 g/mol. The summed E-state index contributed by atoms with van der Waals surface area (Å²) in [7, 11) is 0. The Morgan fingerprint density at radius 3 is 2.50 bits per heavy atom. The van der Waals surface area contributed by atoms with Gasteiger partial charge in [0.05, 0.1) is 0 Å². The second-order valence-corrected chi connectivity index (χ2v) is 7.76. The van der Waals surface area contributed by atoms with Crippen molar-refractivity contribution >= 4 is 0 Å². The van der Waals surface area contributed by atoms with Crippen LogP contribution in [0.15, 0.2) is 0 Å². The van der Waals surface area contributed by atoms with E-state index in [1.807, 2.05) is 0 Å². The predicted molar refractivity (Wildman–Crippen MR) is 88.1 cm³/mol. The SMILES string of the molecule is CCC(C)C1CN(CC2(C)CCCCC2)C(CC)CN1. The van der Waals surface area contributed by atoms with Crippen molar-refractivity contribution in [1.29, 1.82) is 0 Å². The van der Waals surface area contributed by atoms with E-state index in [-0.39, 0.29) is 0 Å². The van der Waals surface area contributed by atoms with Gasteiger partial charge in [-0.3, -0.25) is 4.90 Å². The lowest BCUT2D eigenvalue weighted by atomic mass is 9.75. The zero-order valence-electron chi connectivity index (χ0n) is 14.3. The summed E-state index contributed by atoms with van der Waals surface area (Å²) in [5.74, 6) is 0.800. The Bertz CT molecular complexity index is 283. The highest BCUT2D eigenvalue weighted by Crippen LogP contribution is 2.37. The summed E-state index contributed by atoms with van der Waals surface area (Å²) in [5, 5.41) is 3.81. The number of piperazine rings is 1. The molecule has 0 radical (unpaired) electrons. The van der Waals surface area contributed by atoms with Crippen molar-refractivity contribution in [1.82, 2.24) is 10.2 Å². The highest BCUT2D eigenvalue weighted by atomic mass is 15.2. The smallest absolute Gasteiger partial charge is 0.0221 e. The van der Waals surface area contributed by atoms with E-state index in [0.29, 0.717) is 11.5 Å². The normalized spacial score (nSPS) is 33.0. The van der Waals surface area contributed by atoms with Gasteiger partial charge in [-0.05, 0) is 30.6 Å². The molecule has 2 heteroatoms.